The van der Waals surface area contributed by atoms with E-state index < -0.39 is 11.2 Å². The number of carbonyl (C=O) groups excluding carboxylic acids is 2. The molecule has 1 N–H and O–H groups in total. The van der Waals surface area contributed by atoms with Gasteiger partial charge in [-0.05, 0) is 80.3 Å². The number of rotatable bonds is 7. The largest absolute Gasteiger partial charge is 0.445 e. The number of esters is 1. The molecule has 7 unspecified atom stereocenters. The van der Waals surface area contributed by atoms with Crippen LogP contribution in [0.15, 0.2) is 11.6 Å². The van der Waals surface area contributed by atoms with Crippen molar-refractivity contribution in [1.29, 1.82) is 0 Å². The van der Waals surface area contributed by atoms with Crippen LogP contribution in [0.1, 0.15) is 97.8 Å². The lowest BCUT2D eigenvalue weighted by molar-refractivity contribution is -0.344. The van der Waals surface area contributed by atoms with Gasteiger partial charge in [-0.25, -0.2) is 4.89 Å². The van der Waals surface area contributed by atoms with E-state index in [-0.39, 0.29) is 23.1 Å². The lowest BCUT2D eigenvalue weighted by atomic mass is 9.47. The molecule has 4 aliphatic carbocycles. The van der Waals surface area contributed by atoms with Crippen LogP contribution >= 0.6 is 0 Å². The second-order valence-electron chi connectivity index (χ2n) is 11.3. The Balaban J connectivity index is 1.59. The number of hydrogen-bond acceptors (Lipinski definition) is 5. The van der Waals surface area contributed by atoms with E-state index in [0.717, 1.165) is 56.9 Å². The summed E-state index contributed by atoms with van der Waals surface area (Å²) in [4.78, 5) is 30.2. The summed E-state index contributed by atoms with van der Waals surface area (Å²) in [7, 11) is 0. The fourth-order valence-corrected chi connectivity index (χ4v) is 8.08. The van der Waals surface area contributed by atoms with Crippen molar-refractivity contribution in [2.75, 3.05) is 0 Å². The third-order valence-corrected chi connectivity index (χ3v) is 9.79. The van der Waals surface area contributed by atoms with Crippen LogP contribution < -0.4 is 0 Å². The van der Waals surface area contributed by atoms with Crippen LogP contribution in [-0.2, 0) is 19.2 Å². The standard InChI is InChI=1S/C28H40O5/c1-5-7-8-9-10-24(30)32-27(6-2)15-13-22-25-19(3)17-20-18-21(29)11-16-28(20,33-31)23(25)12-14-26(22,27)4/h2,18-19,22-23,25,31H,5,7-17H2,1,3-4H3. The average Bonchev–Trinajstić information content (AvgIpc) is 3.09. The van der Waals surface area contributed by atoms with Crippen LogP contribution in [0.3, 0.4) is 0 Å². The van der Waals surface area contributed by atoms with E-state index in [1.165, 1.54) is 0 Å². The Bertz CT molecular complexity index is 855. The molecule has 5 nitrogen and oxygen atoms in total. The molecule has 0 aliphatic heterocycles. The minimum Gasteiger partial charge on any atom is -0.445 e. The van der Waals surface area contributed by atoms with Crippen molar-refractivity contribution in [3.05, 3.63) is 11.6 Å². The first kappa shape index (κ1) is 24.5. The fourth-order valence-electron chi connectivity index (χ4n) is 8.08. The van der Waals surface area contributed by atoms with E-state index in [9.17, 15) is 14.8 Å². The highest BCUT2D eigenvalue weighted by atomic mass is 17.1. The molecular formula is C28H40O5. The highest BCUT2D eigenvalue weighted by Gasteiger charge is 2.68. The number of ketones is 1. The maximum Gasteiger partial charge on any atom is 0.307 e. The monoisotopic (exact) mass is 456 g/mol. The van der Waals surface area contributed by atoms with Gasteiger partial charge in [0.2, 0.25) is 0 Å². The number of ether oxygens (including phenoxy) is 1. The summed E-state index contributed by atoms with van der Waals surface area (Å²) in [5, 5.41) is 10.1. The topological polar surface area (TPSA) is 72.8 Å². The molecule has 0 aromatic rings. The average molecular weight is 457 g/mol. The predicted octanol–water partition coefficient (Wildman–Crippen LogP) is 5.87. The minimum absolute atomic E-state index is 0.127. The van der Waals surface area contributed by atoms with Crippen LogP contribution in [-0.4, -0.2) is 28.2 Å². The van der Waals surface area contributed by atoms with E-state index in [2.05, 4.69) is 26.7 Å². The smallest absolute Gasteiger partial charge is 0.307 e. The van der Waals surface area contributed by atoms with Gasteiger partial charge >= 0.3 is 5.97 Å². The molecule has 0 aromatic heterocycles. The predicted molar refractivity (Wildman–Crippen MR) is 126 cm³/mol. The zero-order valence-electron chi connectivity index (χ0n) is 20.5. The van der Waals surface area contributed by atoms with Crippen LogP contribution in [0.5, 0.6) is 0 Å². The molecule has 33 heavy (non-hydrogen) atoms. The lowest BCUT2D eigenvalue weighted by Gasteiger charge is -2.59. The van der Waals surface area contributed by atoms with Crippen LogP contribution in [0, 0.1) is 41.4 Å². The van der Waals surface area contributed by atoms with Crippen molar-refractivity contribution < 1.29 is 24.5 Å². The van der Waals surface area contributed by atoms with Gasteiger partial charge in [0.05, 0.1) is 0 Å². The Hall–Kier alpha value is -1.64. The van der Waals surface area contributed by atoms with E-state index >= 15 is 0 Å². The van der Waals surface area contributed by atoms with Crippen LogP contribution in [0.4, 0.5) is 0 Å². The molecule has 7 atom stereocenters. The number of unbranched alkanes of at least 4 members (excludes halogenated alkanes) is 3. The summed E-state index contributed by atoms with van der Waals surface area (Å²) in [6.07, 6.45) is 17.4. The second kappa shape index (κ2) is 9.19. The first-order valence-corrected chi connectivity index (χ1v) is 13.0. The zero-order valence-corrected chi connectivity index (χ0v) is 20.5. The number of fused-ring (bicyclic) bond motifs is 5. The Kier molecular flexibility index (Phi) is 6.82. The summed E-state index contributed by atoms with van der Waals surface area (Å²) in [6, 6.07) is 0. The fraction of sp³-hybridized carbons (Fsp3) is 0.786. The summed E-state index contributed by atoms with van der Waals surface area (Å²) < 4.78 is 6.18. The highest BCUT2D eigenvalue weighted by Crippen LogP contribution is 2.67. The second-order valence-corrected chi connectivity index (χ2v) is 11.3. The van der Waals surface area contributed by atoms with E-state index in [1.54, 1.807) is 6.08 Å². The molecule has 0 radical (unpaired) electrons. The van der Waals surface area contributed by atoms with E-state index in [1.807, 2.05) is 0 Å². The molecule has 3 saturated carbocycles. The molecule has 3 fully saturated rings. The Morgan fingerprint density at radius 1 is 1.21 bits per heavy atom. The maximum absolute atomic E-state index is 12.8. The Morgan fingerprint density at radius 3 is 2.67 bits per heavy atom. The Labute approximate surface area is 198 Å². The molecule has 0 amide bonds. The van der Waals surface area contributed by atoms with Crippen molar-refractivity contribution in [2.24, 2.45) is 29.1 Å². The van der Waals surface area contributed by atoms with E-state index in [4.69, 9.17) is 16.0 Å². The molecule has 0 saturated heterocycles. The molecular weight excluding hydrogens is 416 g/mol. The van der Waals surface area contributed by atoms with Crippen molar-refractivity contribution in [3.63, 3.8) is 0 Å². The van der Waals surface area contributed by atoms with Crippen LogP contribution in [0.2, 0.25) is 0 Å². The van der Waals surface area contributed by atoms with Gasteiger partial charge in [-0.3, -0.25) is 14.8 Å². The Morgan fingerprint density at radius 2 is 1.97 bits per heavy atom. The molecule has 182 valence electrons. The van der Waals surface area contributed by atoms with Crippen molar-refractivity contribution in [2.45, 2.75) is 109 Å². The molecule has 0 heterocycles. The molecule has 4 rings (SSSR count). The summed E-state index contributed by atoms with van der Waals surface area (Å²) in [5.74, 6) is 4.01. The highest BCUT2D eigenvalue weighted by molar-refractivity contribution is 5.92. The van der Waals surface area contributed by atoms with Crippen molar-refractivity contribution in [1.82, 2.24) is 0 Å². The molecule has 0 bridgehead atoms. The summed E-state index contributed by atoms with van der Waals surface area (Å²) in [5.41, 5.74) is -0.961. The number of carbonyl (C=O) groups is 2. The number of hydrogen-bond donors (Lipinski definition) is 1. The third-order valence-electron chi connectivity index (χ3n) is 9.79. The summed E-state index contributed by atoms with van der Waals surface area (Å²) in [6.45, 7) is 6.63. The first-order chi connectivity index (χ1) is 15.8. The van der Waals surface area contributed by atoms with Gasteiger partial charge in [0.25, 0.3) is 0 Å². The normalized spacial score (nSPS) is 41.9. The van der Waals surface area contributed by atoms with Gasteiger partial charge in [-0.15, -0.1) is 6.42 Å². The first-order valence-electron chi connectivity index (χ1n) is 13.0. The van der Waals surface area contributed by atoms with Gasteiger partial charge in [-0.2, -0.15) is 0 Å². The van der Waals surface area contributed by atoms with Crippen molar-refractivity contribution in [3.8, 4) is 12.3 Å². The maximum atomic E-state index is 12.8. The molecule has 5 heteroatoms. The van der Waals surface area contributed by atoms with Gasteiger partial charge in [0, 0.05) is 18.3 Å². The third kappa shape index (κ3) is 3.78. The van der Waals surface area contributed by atoms with Crippen LogP contribution in [0.25, 0.3) is 0 Å². The van der Waals surface area contributed by atoms with E-state index in [0.29, 0.717) is 43.4 Å². The minimum atomic E-state index is -0.865. The summed E-state index contributed by atoms with van der Waals surface area (Å²) >= 11 is 0. The molecule has 4 aliphatic rings. The quantitative estimate of drug-likeness (QED) is 0.170. The molecule has 0 spiro atoms. The zero-order chi connectivity index (χ0) is 23.9. The SMILES string of the molecule is C#CC1(OC(=O)CCCCCC)CCC2C3C(C)CC4=CC(=O)CCC4(OO)C3CCC21C. The lowest BCUT2D eigenvalue weighted by Crippen LogP contribution is -2.60. The van der Waals surface area contributed by atoms with Gasteiger partial charge in [0.1, 0.15) is 5.60 Å². The van der Waals surface area contributed by atoms with Crippen molar-refractivity contribution >= 4 is 11.8 Å². The van der Waals surface area contributed by atoms with Gasteiger partial charge in [0.15, 0.2) is 11.4 Å². The van der Waals surface area contributed by atoms with Gasteiger partial charge in [-0.1, -0.05) is 46.0 Å². The number of terminal acetylenes is 1. The molecule has 0 aromatic carbocycles. The van der Waals surface area contributed by atoms with Gasteiger partial charge < -0.3 is 4.74 Å².